The minimum atomic E-state index is -0.766. The van der Waals surface area contributed by atoms with E-state index in [4.69, 9.17) is 27.6 Å². The summed E-state index contributed by atoms with van der Waals surface area (Å²) in [5, 5.41) is 2.90. The summed E-state index contributed by atoms with van der Waals surface area (Å²) in [7, 11) is 0. The van der Waals surface area contributed by atoms with Crippen LogP contribution in [0.1, 0.15) is 10.5 Å². The van der Waals surface area contributed by atoms with E-state index in [0.29, 0.717) is 15.6 Å². The second kappa shape index (κ2) is 6.59. The smallest absolute Gasteiger partial charge is 0.277 e. The summed E-state index contributed by atoms with van der Waals surface area (Å²) in [6.45, 7) is 0. The average molecular weight is 369 g/mol. The molecule has 4 nitrogen and oxygen atoms in total. The largest absolute Gasteiger partial charge is 0.444 e. The van der Waals surface area contributed by atoms with Gasteiger partial charge in [0.15, 0.2) is 5.69 Å². The van der Waals surface area contributed by atoms with E-state index in [2.05, 4.69) is 10.3 Å². The number of amides is 1. The molecule has 0 aliphatic rings. The molecule has 0 atom stereocenters. The van der Waals surface area contributed by atoms with Crippen LogP contribution in [0.4, 0.5) is 14.5 Å². The van der Waals surface area contributed by atoms with Gasteiger partial charge in [-0.3, -0.25) is 4.79 Å². The number of carbonyl (C=O) groups excluding carboxylic acids is 1. The molecule has 2 aromatic carbocycles. The van der Waals surface area contributed by atoms with Crippen molar-refractivity contribution in [2.24, 2.45) is 0 Å². The first kappa shape index (κ1) is 16.4. The minimum Gasteiger partial charge on any atom is -0.444 e. The third kappa shape index (κ3) is 3.39. The molecule has 1 heterocycles. The first-order valence-corrected chi connectivity index (χ1v) is 7.37. The van der Waals surface area contributed by atoms with E-state index < -0.39 is 17.5 Å². The van der Waals surface area contributed by atoms with Gasteiger partial charge in [0.05, 0.1) is 15.7 Å². The van der Waals surface area contributed by atoms with E-state index in [-0.39, 0.29) is 17.3 Å². The molecule has 0 radical (unpaired) electrons. The maximum Gasteiger partial charge on any atom is 0.277 e. The van der Waals surface area contributed by atoms with Gasteiger partial charge in [-0.25, -0.2) is 13.8 Å². The molecule has 0 saturated carbocycles. The highest BCUT2D eigenvalue weighted by Crippen LogP contribution is 2.28. The lowest BCUT2D eigenvalue weighted by atomic mass is 10.2. The van der Waals surface area contributed by atoms with E-state index in [1.165, 1.54) is 6.07 Å². The normalized spacial score (nSPS) is 10.7. The molecule has 0 saturated heterocycles. The quantitative estimate of drug-likeness (QED) is 0.692. The van der Waals surface area contributed by atoms with Crippen molar-refractivity contribution in [3.63, 3.8) is 0 Å². The fourth-order valence-corrected chi connectivity index (χ4v) is 2.22. The molecule has 0 aliphatic heterocycles. The Bertz CT molecular complexity index is 928. The predicted molar refractivity (Wildman–Crippen MR) is 86.3 cm³/mol. The van der Waals surface area contributed by atoms with Crippen LogP contribution in [0, 0.1) is 11.6 Å². The van der Waals surface area contributed by atoms with Crippen molar-refractivity contribution >= 4 is 34.8 Å². The van der Waals surface area contributed by atoms with Gasteiger partial charge in [-0.05, 0) is 30.3 Å². The molecule has 3 aromatic rings. The van der Waals surface area contributed by atoms with Crippen LogP contribution in [-0.2, 0) is 0 Å². The zero-order valence-electron chi connectivity index (χ0n) is 11.8. The Labute approximate surface area is 145 Å². The fourth-order valence-electron chi connectivity index (χ4n) is 1.92. The number of rotatable bonds is 3. The molecule has 1 aromatic heterocycles. The van der Waals surface area contributed by atoms with E-state index in [0.717, 1.165) is 24.5 Å². The lowest BCUT2D eigenvalue weighted by Gasteiger charge is -2.04. The second-order valence-corrected chi connectivity index (χ2v) is 5.56. The van der Waals surface area contributed by atoms with Gasteiger partial charge >= 0.3 is 0 Å². The van der Waals surface area contributed by atoms with Crippen LogP contribution in [0.25, 0.3) is 11.5 Å². The Morgan fingerprint density at radius 3 is 2.62 bits per heavy atom. The number of oxazole rings is 1. The summed E-state index contributed by atoms with van der Waals surface area (Å²) in [5.74, 6) is -2.05. The third-order valence-corrected chi connectivity index (χ3v) is 3.82. The minimum absolute atomic E-state index is 0.0975. The van der Waals surface area contributed by atoms with Gasteiger partial charge in [-0.2, -0.15) is 0 Å². The molecule has 0 aliphatic carbocycles. The van der Waals surface area contributed by atoms with Gasteiger partial charge in [0.1, 0.15) is 17.9 Å². The van der Waals surface area contributed by atoms with Gasteiger partial charge in [-0.1, -0.05) is 23.2 Å². The highest BCUT2D eigenvalue weighted by molar-refractivity contribution is 6.42. The van der Waals surface area contributed by atoms with Crippen LogP contribution in [-0.4, -0.2) is 10.9 Å². The van der Waals surface area contributed by atoms with Gasteiger partial charge < -0.3 is 9.73 Å². The van der Waals surface area contributed by atoms with E-state index in [9.17, 15) is 13.6 Å². The van der Waals surface area contributed by atoms with Crippen LogP contribution in [0.2, 0.25) is 10.0 Å². The standard InChI is InChI=1S/C16H8Cl2F2N2O2/c17-10-3-1-8(5-11(10)18)16-22-14(7-24-16)15(23)21-13-6-9(19)2-4-12(13)20/h1-7H,(H,21,23). The topological polar surface area (TPSA) is 55.1 Å². The first-order valence-electron chi connectivity index (χ1n) is 6.61. The molecule has 0 bridgehead atoms. The van der Waals surface area contributed by atoms with Gasteiger partial charge in [-0.15, -0.1) is 0 Å². The van der Waals surface area contributed by atoms with Crippen molar-refractivity contribution in [3.05, 3.63) is 70.0 Å². The molecule has 0 spiro atoms. The van der Waals surface area contributed by atoms with Crippen molar-refractivity contribution < 1.29 is 18.0 Å². The number of nitrogens with zero attached hydrogens (tertiary/aromatic N) is 1. The molecule has 122 valence electrons. The Hall–Kier alpha value is -2.44. The maximum absolute atomic E-state index is 13.5. The number of aromatic nitrogens is 1. The Morgan fingerprint density at radius 2 is 1.88 bits per heavy atom. The van der Waals surface area contributed by atoms with Gasteiger partial charge in [0, 0.05) is 11.6 Å². The highest BCUT2D eigenvalue weighted by Gasteiger charge is 2.16. The summed E-state index contributed by atoms with van der Waals surface area (Å²) >= 11 is 11.7. The van der Waals surface area contributed by atoms with Crippen molar-refractivity contribution in [2.45, 2.75) is 0 Å². The summed E-state index contributed by atoms with van der Waals surface area (Å²) < 4.78 is 31.9. The number of hydrogen-bond acceptors (Lipinski definition) is 3. The first-order chi connectivity index (χ1) is 11.4. The van der Waals surface area contributed by atoms with Crippen molar-refractivity contribution in [1.82, 2.24) is 4.98 Å². The SMILES string of the molecule is O=C(Nc1cc(F)ccc1F)c1coc(-c2ccc(Cl)c(Cl)c2)n1. The predicted octanol–water partition coefficient (Wildman–Crippen LogP) is 5.18. The molecule has 24 heavy (non-hydrogen) atoms. The summed E-state index contributed by atoms with van der Waals surface area (Å²) in [6, 6.07) is 7.44. The number of nitrogens with one attached hydrogen (secondary N) is 1. The van der Waals surface area contributed by atoms with Gasteiger partial charge in [0.25, 0.3) is 5.91 Å². The lowest BCUT2D eigenvalue weighted by molar-refractivity contribution is 0.102. The average Bonchev–Trinajstić information content (AvgIpc) is 3.03. The van der Waals surface area contributed by atoms with Crippen molar-refractivity contribution in [1.29, 1.82) is 0 Å². The third-order valence-electron chi connectivity index (χ3n) is 3.08. The number of halogens is 4. The lowest BCUT2D eigenvalue weighted by Crippen LogP contribution is -2.13. The molecule has 1 amide bonds. The van der Waals surface area contributed by atoms with Crippen LogP contribution < -0.4 is 5.32 Å². The summed E-state index contributed by atoms with van der Waals surface area (Å²) in [5.41, 5.74) is 0.124. The van der Waals surface area contributed by atoms with Crippen molar-refractivity contribution in [3.8, 4) is 11.5 Å². The van der Waals surface area contributed by atoms with E-state index in [1.54, 1.807) is 12.1 Å². The number of carbonyl (C=O) groups is 1. The molecular formula is C16H8Cl2F2N2O2. The Balaban J connectivity index is 1.83. The Kier molecular flexibility index (Phi) is 4.51. The van der Waals surface area contributed by atoms with Crippen molar-refractivity contribution in [2.75, 3.05) is 5.32 Å². The molecule has 0 fully saturated rings. The fraction of sp³-hybridized carbons (Fsp3) is 0. The van der Waals surface area contributed by atoms with Crippen LogP contribution in [0.5, 0.6) is 0 Å². The molecular weight excluding hydrogens is 361 g/mol. The van der Waals surface area contributed by atoms with Crippen LogP contribution in [0.15, 0.2) is 47.1 Å². The molecule has 0 unspecified atom stereocenters. The zero-order chi connectivity index (χ0) is 17.3. The highest BCUT2D eigenvalue weighted by atomic mass is 35.5. The van der Waals surface area contributed by atoms with Crippen LogP contribution in [0.3, 0.4) is 0 Å². The monoisotopic (exact) mass is 368 g/mol. The number of hydrogen-bond donors (Lipinski definition) is 1. The number of anilines is 1. The summed E-state index contributed by atoms with van der Waals surface area (Å²) in [6.07, 6.45) is 1.10. The van der Waals surface area contributed by atoms with Gasteiger partial charge in [0.2, 0.25) is 5.89 Å². The number of benzene rings is 2. The Morgan fingerprint density at radius 1 is 1.08 bits per heavy atom. The summed E-state index contributed by atoms with van der Waals surface area (Å²) in [4.78, 5) is 16.1. The van der Waals surface area contributed by atoms with E-state index in [1.807, 2.05) is 0 Å². The second-order valence-electron chi connectivity index (χ2n) is 4.75. The molecule has 3 rings (SSSR count). The zero-order valence-corrected chi connectivity index (χ0v) is 13.3. The van der Waals surface area contributed by atoms with Crippen LogP contribution >= 0.6 is 23.2 Å². The van der Waals surface area contributed by atoms with E-state index >= 15 is 0 Å². The maximum atomic E-state index is 13.5. The molecule has 1 N–H and O–H groups in total. The molecule has 8 heteroatoms.